The summed E-state index contributed by atoms with van der Waals surface area (Å²) in [6.45, 7) is 5.91. The first kappa shape index (κ1) is 17.3. The molecule has 0 spiro atoms. The van der Waals surface area contributed by atoms with Crippen LogP contribution in [0.3, 0.4) is 0 Å². The van der Waals surface area contributed by atoms with Crippen molar-refractivity contribution in [3.8, 4) is 6.07 Å². The Balaban J connectivity index is 5.95. The molecule has 0 saturated heterocycles. The number of hydrogen-bond donors (Lipinski definition) is 1. The molecule has 1 atom stereocenters. The molecule has 4 heteroatoms. The van der Waals surface area contributed by atoms with Gasteiger partial charge in [-0.25, -0.2) is 0 Å². The molecule has 0 radical (unpaired) electrons. The first-order valence-electron chi connectivity index (χ1n) is 6.42. The number of hydrogen-bond acceptors (Lipinski definition) is 4. The topological polar surface area (TPSA) is 63.2 Å². The minimum Gasteiger partial charge on any atom is -0.303 e. The van der Waals surface area contributed by atoms with Gasteiger partial charge < -0.3 is 10.3 Å². The molecule has 0 aromatic heterocycles. The minimum absolute atomic E-state index is 0.0630. The Morgan fingerprint density at radius 3 is 2.37 bits per heavy atom. The zero-order valence-corrected chi connectivity index (χ0v) is 12.8. The number of rotatable bonds is 6. The third-order valence-corrected chi connectivity index (χ3v) is 3.10. The number of aliphatic imine (C=N–C) groups is 1. The van der Waals surface area contributed by atoms with Crippen LogP contribution in [0.4, 0.5) is 0 Å². The van der Waals surface area contributed by atoms with Gasteiger partial charge in [-0.05, 0) is 39.9 Å². The number of allylic oxidation sites excluding steroid dienone is 3. The van der Waals surface area contributed by atoms with Crippen molar-refractivity contribution in [3.05, 3.63) is 23.3 Å². The average molecular weight is 260 g/mol. The summed E-state index contributed by atoms with van der Waals surface area (Å²) in [6, 6.07) is 2.04. The lowest BCUT2D eigenvalue weighted by Gasteiger charge is -2.23. The quantitative estimate of drug-likeness (QED) is 0.589. The third-order valence-electron chi connectivity index (χ3n) is 3.10. The summed E-state index contributed by atoms with van der Waals surface area (Å²) in [6.07, 6.45) is 4.65. The maximum Gasteiger partial charge on any atom is 0.144 e. The van der Waals surface area contributed by atoms with Crippen LogP contribution in [0.2, 0.25) is 0 Å². The van der Waals surface area contributed by atoms with E-state index in [1.807, 2.05) is 51.9 Å². The molecule has 0 fully saturated rings. The molecule has 0 aliphatic carbocycles. The lowest BCUT2D eigenvalue weighted by atomic mass is 9.93. The van der Waals surface area contributed by atoms with Crippen LogP contribution in [0.25, 0.3) is 0 Å². The van der Waals surface area contributed by atoms with Crippen molar-refractivity contribution in [1.29, 1.82) is 10.7 Å². The fraction of sp³-hybridized carbons (Fsp3) is 0.533. The second-order valence-electron chi connectivity index (χ2n) is 4.49. The molecule has 1 unspecified atom stereocenters. The van der Waals surface area contributed by atoms with Crippen LogP contribution in [0, 0.1) is 16.7 Å². The van der Waals surface area contributed by atoms with Gasteiger partial charge in [-0.2, -0.15) is 5.26 Å². The third kappa shape index (κ3) is 4.46. The van der Waals surface area contributed by atoms with Gasteiger partial charge in [0.25, 0.3) is 0 Å². The van der Waals surface area contributed by atoms with Crippen LogP contribution in [-0.4, -0.2) is 43.5 Å². The molecule has 0 bridgehead atoms. The Morgan fingerprint density at radius 2 is 2.05 bits per heavy atom. The largest absolute Gasteiger partial charge is 0.303 e. The molecular formula is C15H24N4. The smallest absolute Gasteiger partial charge is 0.144 e. The number of nitrogens with one attached hydrogen (secondary N) is 1. The summed E-state index contributed by atoms with van der Waals surface area (Å²) in [5, 5.41) is 17.6. The minimum atomic E-state index is -0.0630. The summed E-state index contributed by atoms with van der Waals surface area (Å²) in [5.74, 6) is 0. The zero-order chi connectivity index (χ0) is 15.0. The molecule has 19 heavy (non-hydrogen) atoms. The summed E-state index contributed by atoms with van der Waals surface area (Å²) >= 11 is 0. The predicted molar refractivity (Wildman–Crippen MR) is 82.0 cm³/mol. The van der Waals surface area contributed by atoms with E-state index in [4.69, 9.17) is 5.41 Å². The molecule has 0 aromatic carbocycles. The van der Waals surface area contributed by atoms with Crippen molar-refractivity contribution < 1.29 is 0 Å². The monoisotopic (exact) mass is 260 g/mol. The Labute approximate surface area is 116 Å². The van der Waals surface area contributed by atoms with E-state index in [9.17, 15) is 5.26 Å². The van der Waals surface area contributed by atoms with Crippen LogP contribution < -0.4 is 0 Å². The lowest BCUT2D eigenvalue weighted by molar-refractivity contribution is 0.381. The van der Waals surface area contributed by atoms with E-state index in [0.29, 0.717) is 17.0 Å². The molecule has 0 saturated carbocycles. The summed E-state index contributed by atoms with van der Waals surface area (Å²) in [7, 11) is 5.44. The van der Waals surface area contributed by atoms with E-state index in [1.165, 1.54) is 0 Å². The molecular weight excluding hydrogens is 236 g/mol. The van der Waals surface area contributed by atoms with Gasteiger partial charge in [-0.3, -0.25) is 4.99 Å². The Bertz CT molecular complexity index is 447. The Morgan fingerprint density at radius 1 is 1.47 bits per heavy atom. The van der Waals surface area contributed by atoms with E-state index in [2.05, 4.69) is 11.1 Å². The predicted octanol–water partition coefficient (Wildman–Crippen LogP) is 2.83. The van der Waals surface area contributed by atoms with Gasteiger partial charge in [0.2, 0.25) is 0 Å². The average Bonchev–Trinajstić information content (AvgIpc) is 2.40. The van der Waals surface area contributed by atoms with E-state index in [0.717, 1.165) is 12.0 Å². The summed E-state index contributed by atoms with van der Waals surface area (Å²) in [5.41, 5.74) is 2.39. The van der Waals surface area contributed by atoms with Gasteiger partial charge >= 0.3 is 0 Å². The Kier molecular flexibility index (Phi) is 7.62. The first-order valence-corrected chi connectivity index (χ1v) is 6.42. The van der Waals surface area contributed by atoms with Crippen molar-refractivity contribution in [2.75, 3.05) is 21.1 Å². The van der Waals surface area contributed by atoms with Gasteiger partial charge in [0.1, 0.15) is 11.8 Å². The van der Waals surface area contributed by atoms with Gasteiger partial charge in [0.15, 0.2) is 0 Å². The van der Waals surface area contributed by atoms with E-state index < -0.39 is 0 Å². The van der Waals surface area contributed by atoms with E-state index >= 15 is 0 Å². The fourth-order valence-corrected chi connectivity index (χ4v) is 1.72. The van der Waals surface area contributed by atoms with Crippen molar-refractivity contribution in [2.24, 2.45) is 4.99 Å². The molecule has 0 aliphatic rings. The fourth-order valence-electron chi connectivity index (χ4n) is 1.72. The highest BCUT2D eigenvalue weighted by Crippen LogP contribution is 2.17. The second-order valence-corrected chi connectivity index (χ2v) is 4.49. The molecule has 0 aliphatic heterocycles. The normalized spacial score (nSPS) is 15.4. The van der Waals surface area contributed by atoms with E-state index in [1.54, 1.807) is 7.05 Å². The van der Waals surface area contributed by atoms with E-state index in [-0.39, 0.29) is 6.04 Å². The molecule has 4 nitrogen and oxygen atoms in total. The maximum absolute atomic E-state index is 9.23. The lowest BCUT2D eigenvalue weighted by Crippen LogP contribution is -2.35. The van der Waals surface area contributed by atoms with Crippen LogP contribution in [-0.2, 0) is 0 Å². The van der Waals surface area contributed by atoms with Crippen LogP contribution in [0.5, 0.6) is 0 Å². The van der Waals surface area contributed by atoms with Crippen LogP contribution >= 0.6 is 0 Å². The second kappa shape index (κ2) is 8.39. The highest BCUT2D eigenvalue weighted by Gasteiger charge is 2.21. The molecule has 0 rings (SSSR count). The Hall–Kier alpha value is -1.73. The molecule has 0 aromatic rings. The SMILES string of the molecule is CC=C/C(CC)=C(/C(=N)C(C)N(C)C)C(C#N)=NC. The molecule has 104 valence electrons. The van der Waals surface area contributed by atoms with Crippen molar-refractivity contribution >= 4 is 11.4 Å². The van der Waals surface area contributed by atoms with Gasteiger partial charge in [0, 0.05) is 18.7 Å². The number of nitrogens with zero attached hydrogens (tertiary/aromatic N) is 3. The maximum atomic E-state index is 9.23. The van der Waals surface area contributed by atoms with Gasteiger partial charge in [0.05, 0.1) is 5.71 Å². The first-order chi connectivity index (χ1) is 8.94. The molecule has 0 amide bonds. The summed E-state index contributed by atoms with van der Waals surface area (Å²) < 4.78 is 0. The van der Waals surface area contributed by atoms with Crippen LogP contribution in [0.1, 0.15) is 27.2 Å². The number of nitriles is 1. The highest BCUT2D eigenvalue weighted by atomic mass is 15.1. The van der Waals surface area contributed by atoms with Gasteiger partial charge in [-0.1, -0.05) is 19.1 Å². The van der Waals surface area contributed by atoms with Crippen molar-refractivity contribution in [2.45, 2.75) is 33.2 Å². The van der Waals surface area contributed by atoms with Crippen molar-refractivity contribution in [3.63, 3.8) is 0 Å². The highest BCUT2D eigenvalue weighted by molar-refractivity contribution is 6.30. The standard InChI is InChI=1S/C15H24N4/c1-7-9-12(8-2)14(13(10-16)18-4)15(17)11(3)19(5)6/h7,9,11,17H,8H2,1-6H3/b9-7?,14-12+,17-15?,18-13?. The van der Waals surface area contributed by atoms with Crippen LogP contribution in [0.15, 0.2) is 28.3 Å². The van der Waals surface area contributed by atoms with Crippen molar-refractivity contribution in [1.82, 2.24) is 4.90 Å². The molecule has 0 heterocycles. The molecule has 1 N–H and O–H groups in total. The zero-order valence-electron chi connectivity index (χ0n) is 12.8. The summed E-state index contributed by atoms with van der Waals surface area (Å²) in [4.78, 5) is 5.98. The van der Waals surface area contributed by atoms with Gasteiger partial charge in [-0.15, -0.1) is 0 Å².